The number of carbonyl (C=O) groups excluding carboxylic acids is 2. The van der Waals surface area contributed by atoms with E-state index in [9.17, 15) is 18.0 Å². The van der Waals surface area contributed by atoms with E-state index < -0.39 is 34.3 Å². The second-order valence-electron chi connectivity index (χ2n) is 10.9. The number of hydrogen-bond donors (Lipinski definition) is 1. The minimum absolute atomic E-state index is 0.0536. The number of carbonyl (C=O) groups is 2. The van der Waals surface area contributed by atoms with Crippen molar-refractivity contribution in [1.82, 2.24) is 10.2 Å². The average molecular weight is 594 g/mol. The Balaban J connectivity index is 1.67. The zero-order chi connectivity index (χ0) is 30.1. The summed E-state index contributed by atoms with van der Waals surface area (Å²) in [6.07, 6.45) is 5.87. The van der Waals surface area contributed by atoms with Gasteiger partial charge >= 0.3 is 0 Å². The molecule has 7 nitrogen and oxygen atoms in total. The zero-order valence-electron chi connectivity index (χ0n) is 24.3. The summed E-state index contributed by atoms with van der Waals surface area (Å²) in [5.74, 6) is -1.58. The number of halogens is 1. The molecule has 1 unspecified atom stereocenters. The van der Waals surface area contributed by atoms with Crippen LogP contribution in [0.25, 0.3) is 0 Å². The molecule has 1 saturated carbocycles. The van der Waals surface area contributed by atoms with Crippen molar-refractivity contribution in [1.29, 1.82) is 0 Å². The first-order chi connectivity index (χ1) is 20.2. The Morgan fingerprint density at radius 1 is 0.929 bits per heavy atom. The van der Waals surface area contributed by atoms with Crippen LogP contribution in [0.4, 0.5) is 10.1 Å². The zero-order valence-corrected chi connectivity index (χ0v) is 25.2. The lowest BCUT2D eigenvalue weighted by atomic mass is 9.95. The first kappa shape index (κ1) is 31.2. The van der Waals surface area contributed by atoms with E-state index in [4.69, 9.17) is 0 Å². The number of para-hydroxylation sites is 1. The highest BCUT2D eigenvalue weighted by Crippen LogP contribution is 2.27. The molecule has 0 aromatic heterocycles. The quantitative estimate of drug-likeness (QED) is 0.295. The lowest BCUT2D eigenvalue weighted by molar-refractivity contribution is -0.140. The molecular weight excluding hydrogens is 553 g/mol. The van der Waals surface area contributed by atoms with Crippen molar-refractivity contribution < 1.29 is 22.4 Å². The maximum Gasteiger partial charge on any atom is 0.264 e. The fraction of sp³-hybridized carbons (Fsp3) is 0.394. The molecule has 1 fully saturated rings. The summed E-state index contributed by atoms with van der Waals surface area (Å²) < 4.78 is 43.7. The molecule has 2 amide bonds. The molecule has 3 aromatic rings. The number of rotatable bonds is 12. The molecule has 0 spiro atoms. The van der Waals surface area contributed by atoms with Crippen molar-refractivity contribution >= 4 is 27.5 Å². The van der Waals surface area contributed by atoms with Crippen LogP contribution in [0.15, 0.2) is 83.8 Å². The summed E-state index contributed by atoms with van der Waals surface area (Å²) in [4.78, 5) is 29.1. The fourth-order valence-corrected chi connectivity index (χ4v) is 6.87. The third kappa shape index (κ3) is 7.76. The Kier molecular flexibility index (Phi) is 10.7. The molecule has 1 aliphatic rings. The number of nitrogens with one attached hydrogen (secondary N) is 1. The second kappa shape index (κ2) is 14.4. The molecule has 0 bridgehead atoms. The minimum Gasteiger partial charge on any atom is -0.352 e. The van der Waals surface area contributed by atoms with E-state index in [1.165, 1.54) is 35.2 Å². The molecule has 0 saturated heterocycles. The van der Waals surface area contributed by atoms with Gasteiger partial charge in [0.15, 0.2) is 0 Å². The van der Waals surface area contributed by atoms with Crippen LogP contribution in [-0.4, -0.2) is 50.3 Å². The summed E-state index contributed by atoms with van der Waals surface area (Å²) in [7, 11) is -4.32. The number of benzene rings is 3. The first-order valence-electron chi connectivity index (χ1n) is 14.7. The summed E-state index contributed by atoms with van der Waals surface area (Å²) >= 11 is 0. The van der Waals surface area contributed by atoms with Gasteiger partial charge in [0.05, 0.1) is 10.6 Å². The first-order valence-corrected chi connectivity index (χ1v) is 16.1. The molecular formula is C33H40FN3O4S. The molecule has 0 radical (unpaired) electrons. The van der Waals surface area contributed by atoms with Gasteiger partial charge in [-0.1, -0.05) is 86.3 Å². The van der Waals surface area contributed by atoms with Crippen LogP contribution in [0.1, 0.15) is 56.6 Å². The van der Waals surface area contributed by atoms with Crippen LogP contribution >= 0.6 is 0 Å². The van der Waals surface area contributed by atoms with E-state index in [2.05, 4.69) is 5.32 Å². The molecule has 42 heavy (non-hydrogen) atoms. The summed E-state index contributed by atoms with van der Waals surface area (Å²) in [5.41, 5.74) is 1.62. The number of anilines is 1. The van der Waals surface area contributed by atoms with Crippen LogP contribution in [0, 0.1) is 12.7 Å². The summed E-state index contributed by atoms with van der Waals surface area (Å²) in [6, 6.07) is 20.6. The van der Waals surface area contributed by atoms with Crippen LogP contribution in [0.3, 0.4) is 0 Å². The molecule has 3 aromatic carbocycles. The van der Waals surface area contributed by atoms with Gasteiger partial charge in [0.25, 0.3) is 10.0 Å². The maximum atomic E-state index is 15.1. The van der Waals surface area contributed by atoms with Crippen LogP contribution in [0.5, 0.6) is 0 Å². The van der Waals surface area contributed by atoms with Crippen LogP contribution in [-0.2, 0) is 26.0 Å². The van der Waals surface area contributed by atoms with Gasteiger partial charge in [0.2, 0.25) is 11.8 Å². The largest absolute Gasteiger partial charge is 0.352 e. The highest BCUT2D eigenvalue weighted by molar-refractivity contribution is 7.92. The number of amides is 2. The molecule has 0 heterocycles. The summed E-state index contributed by atoms with van der Waals surface area (Å²) in [6.45, 7) is 3.22. The van der Waals surface area contributed by atoms with Crippen molar-refractivity contribution in [2.75, 3.05) is 17.4 Å². The Morgan fingerprint density at radius 2 is 1.57 bits per heavy atom. The van der Waals surface area contributed by atoms with Crippen LogP contribution < -0.4 is 9.62 Å². The van der Waals surface area contributed by atoms with E-state index >= 15 is 4.39 Å². The predicted molar refractivity (Wildman–Crippen MR) is 163 cm³/mol. The van der Waals surface area contributed by atoms with Gasteiger partial charge in [-0.2, -0.15) is 0 Å². The van der Waals surface area contributed by atoms with Gasteiger partial charge in [-0.3, -0.25) is 13.9 Å². The standard InChI is InChI=1S/C33H40FN3O4S/c1-3-30(33(39)35-27-14-8-5-9-15-27)36(23-22-26-12-6-4-7-13-26)32(38)24-37(31-17-11-10-16-29(31)34)42(40,41)28-20-18-25(2)19-21-28/h4,6-7,10-13,16-21,27,30H,3,5,8-9,14-15,22-24H2,1-2H3,(H,35,39). The third-order valence-electron chi connectivity index (χ3n) is 7.83. The molecule has 9 heteroatoms. The third-order valence-corrected chi connectivity index (χ3v) is 9.60. The maximum absolute atomic E-state index is 15.1. The minimum atomic E-state index is -4.32. The number of hydrogen-bond acceptors (Lipinski definition) is 4. The van der Waals surface area contributed by atoms with E-state index in [0.29, 0.717) is 12.8 Å². The summed E-state index contributed by atoms with van der Waals surface area (Å²) in [5, 5.41) is 3.13. The van der Waals surface area contributed by atoms with E-state index in [-0.39, 0.29) is 29.1 Å². The van der Waals surface area contributed by atoms with E-state index in [1.54, 1.807) is 12.1 Å². The Hall–Kier alpha value is -3.72. The van der Waals surface area contributed by atoms with Crippen molar-refractivity contribution in [2.24, 2.45) is 0 Å². The monoisotopic (exact) mass is 593 g/mol. The number of sulfonamides is 1. The molecule has 4 rings (SSSR count). The average Bonchev–Trinajstić information content (AvgIpc) is 2.99. The SMILES string of the molecule is CCC(C(=O)NC1CCCCC1)N(CCc1ccccc1)C(=O)CN(c1ccccc1F)S(=O)(=O)c1ccc(C)cc1. The van der Waals surface area contributed by atoms with Gasteiger partial charge in [0, 0.05) is 12.6 Å². The Labute approximate surface area is 248 Å². The molecule has 1 aliphatic carbocycles. The second-order valence-corrected chi connectivity index (χ2v) is 12.7. The topological polar surface area (TPSA) is 86.8 Å². The van der Waals surface area contributed by atoms with Crippen molar-refractivity contribution in [2.45, 2.75) is 75.8 Å². The molecule has 1 N–H and O–H groups in total. The fourth-order valence-electron chi connectivity index (χ4n) is 5.44. The van der Waals surface area contributed by atoms with Gasteiger partial charge in [-0.15, -0.1) is 0 Å². The lowest BCUT2D eigenvalue weighted by Crippen LogP contribution is -2.54. The van der Waals surface area contributed by atoms with E-state index in [1.807, 2.05) is 44.2 Å². The molecule has 1 atom stereocenters. The van der Waals surface area contributed by atoms with Crippen molar-refractivity contribution in [3.05, 3.63) is 95.8 Å². The normalized spacial score (nSPS) is 14.6. The lowest BCUT2D eigenvalue weighted by Gasteiger charge is -2.34. The predicted octanol–water partition coefficient (Wildman–Crippen LogP) is 5.63. The van der Waals surface area contributed by atoms with Crippen molar-refractivity contribution in [3.8, 4) is 0 Å². The highest BCUT2D eigenvalue weighted by atomic mass is 32.2. The molecule has 0 aliphatic heterocycles. The van der Waals surface area contributed by atoms with Gasteiger partial charge in [-0.25, -0.2) is 12.8 Å². The van der Waals surface area contributed by atoms with Gasteiger partial charge < -0.3 is 10.2 Å². The van der Waals surface area contributed by atoms with Crippen LogP contribution in [0.2, 0.25) is 0 Å². The van der Waals surface area contributed by atoms with E-state index in [0.717, 1.165) is 53.6 Å². The van der Waals surface area contributed by atoms with Crippen molar-refractivity contribution in [3.63, 3.8) is 0 Å². The van der Waals surface area contributed by atoms with Gasteiger partial charge in [0.1, 0.15) is 18.4 Å². The number of nitrogens with zero attached hydrogens (tertiary/aromatic N) is 2. The Morgan fingerprint density at radius 3 is 2.21 bits per heavy atom. The van der Waals surface area contributed by atoms with Gasteiger partial charge in [-0.05, 0) is 62.4 Å². The Bertz CT molecular complexity index is 1440. The molecule has 224 valence electrons. The smallest absolute Gasteiger partial charge is 0.264 e. The highest BCUT2D eigenvalue weighted by Gasteiger charge is 2.35. The number of aryl methyl sites for hydroxylation is 1.